The quantitative estimate of drug-likeness (QED) is 0.770. The zero-order valence-corrected chi connectivity index (χ0v) is 9.87. The number of carboxylic acids is 1. The maximum Gasteiger partial charge on any atom is 0.337 e. The van der Waals surface area contributed by atoms with Crippen LogP contribution < -0.4 is 0 Å². The fourth-order valence-corrected chi connectivity index (χ4v) is 1.75. The van der Waals surface area contributed by atoms with Gasteiger partial charge in [-0.15, -0.1) is 0 Å². The van der Waals surface area contributed by atoms with Gasteiger partial charge >= 0.3 is 5.97 Å². The molecule has 0 spiro atoms. The maximum atomic E-state index is 10.6. The summed E-state index contributed by atoms with van der Waals surface area (Å²) in [6.07, 6.45) is -1.71. The number of aliphatic hydroxyl groups excluding tert-OH is 1. The number of halogens is 1. The number of benzene rings is 1. The van der Waals surface area contributed by atoms with Crippen LogP contribution in [0.3, 0.4) is 0 Å². The molecule has 0 saturated carbocycles. The van der Waals surface area contributed by atoms with Gasteiger partial charge in [0.2, 0.25) is 0 Å². The summed E-state index contributed by atoms with van der Waals surface area (Å²) in [6, 6.07) is 1.70. The van der Waals surface area contributed by atoms with Crippen molar-refractivity contribution >= 4 is 21.9 Å². The van der Waals surface area contributed by atoms with Crippen LogP contribution in [0.25, 0.3) is 0 Å². The van der Waals surface area contributed by atoms with Gasteiger partial charge in [-0.25, -0.2) is 4.79 Å². The summed E-state index contributed by atoms with van der Waals surface area (Å²) < 4.78 is 0.406. The molecular formula is C10H11BrO4. The first-order valence-electron chi connectivity index (χ1n) is 4.25. The summed E-state index contributed by atoms with van der Waals surface area (Å²) in [4.78, 5) is 10.6. The van der Waals surface area contributed by atoms with Crippen molar-refractivity contribution in [3.8, 4) is 5.75 Å². The lowest BCUT2D eigenvalue weighted by Gasteiger charge is -2.14. The van der Waals surface area contributed by atoms with E-state index in [1.165, 1.54) is 0 Å². The molecule has 0 amide bonds. The second-order valence-electron chi connectivity index (χ2n) is 3.33. The van der Waals surface area contributed by atoms with E-state index in [4.69, 9.17) is 5.11 Å². The second-order valence-corrected chi connectivity index (χ2v) is 4.12. The van der Waals surface area contributed by atoms with Gasteiger partial charge in [-0.3, -0.25) is 0 Å². The summed E-state index contributed by atoms with van der Waals surface area (Å²) in [5, 5.41) is 27.8. The minimum atomic E-state index is -1.71. The molecule has 0 aliphatic rings. The molecule has 0 radical (unpaired) electrons. The van der Waals surface area contributed by atoms with E-state index in [9.17, 15) is 15.0 Å². The number of phenolic OH excluding ortho intramolecular Hbond substituents is 1. The fourth-order valence-electron chi connectivity index (χ4n) is 1.43. The Balaban J connectivity index is 3.42. The van der Waals surface area contributed by atoms with E-state index in [0.717, 1.165) is 5.56 Å². The van der Waals surface area contributed by atoms with Crippen LogP contribution in [0, 0.1) is 13.8 Å². The number of carboxylic acid groups (broad SMARTS) is 1. The molecule has 4 nitrogen and oxygen atoms in total. The number of rotatable bonds is 2. The maximum absolute atomic E-state index is 10.6. The number of hydrogen-bond acceptors (Lipinski definition) is 3. The van der Waals surface area contributed by atoms with Crippen molar-refractivity contribution in [2.24, 2.45) is 0 Å². The molecule has 1 unspecified atom stereocenters. The first-order valence-corrected chi connectivity index (χ1v) is 5.05. The second kappa shape index (κ2) is 4.20. The van der Waals surface area contributed by atoms with Crippen LogP contribution in [0.1, 0.15) is 22.8 Å². The Morgan fingerprint density at radius 2 is 1.93 bits per heavy atom. The number of hydrogen-bond donors (Lipinski definition) is 3. The van der Waals surface area contributed by atoms with E-state index >= 15 is 0 Å². The van der Waals surface area contributed by atoms with E-state index in [0.29, 0.717) is 10.0 Å². The number of aromatic hydroxyl groups is 1. The van der Waals surface area contributed by atoms with Gasteiger partial charge in [-0.05, 0) is 40.9 Å². The third-order valence-corrected chi connectivity index (χ3v) is 3.18. The number of carbonyl (C=O) groups is 1. The highest BCUT2D eigenvalue weighted by Gasteiger charge is 2.24. The lowest BCUT2D eigenvalue weighted by molar-refractivity contribution is -0.147. The van der Waals surface area contributed by atoms with Crippen LogP contribution >= 0.6 is 15.9 Å². The Kier molecular flexibility index (Phi) is 3.36. The highest BCUT2D eigenvalue weighted by Crippen LogP contribution is 2.37. The molecule has 1 atom stereocenters. The third-order valence-electron chi connectivity index (χ3n) is 2.17. The molecule has 0 fully saturated rings. The molecule has 5 heteroatoms. The summed E-state index contributed by atoms with van der Waals surface area (Å²) in [5.74, 6) is -1.61. The van der Waals surface area contributed by atoms with Crippen LogP contribution in [0.2, 0.25) is 0 Å². The van der Waals surface area contributed by atoms with E-state index in [1.54, 1.807) is 19.9 Å². The van der Waals surface area contributed by atoms with Gasteiger partial charge in [-0.1, -0.05) is 6.07 Å². The topological polar surface area (TPSA) is 77.8 Å². The van der Waals surface area contributed by atoms with Crippen LogP contribution in [0.4, 0.5) is 0 Å². The molecule has 3 N–H and O–H groups in total. The van der Waals surface area contributed by atoms with Crippen LogP contribution in [-0.4, -0.2) is 21.3 Å². The number of phenols is 1. The SMILES string of the molecule is Cc1cc(C)c(C(O)C(=O)O)c(O)c1Br. The molecule has 15 heavy (non-hydrogen) atoms. The van der Waals surface area contributed by atoms with E-state index in [2.05, 4.69) is 15.9 Å². The van der Waals surface area contributed by atoms with Crippen molar-refractivity contribution in [2.45, 2.75) is 20.0 Å². The van der Waals surface area contributed by atoms with Gasteiger partial charge in [0, 0.05) is 5.56 Å². The third kappa shape index (κ3) is 2.13. The average Bonchev–Trinajstić information content (AvgIpc) is 2.14. The van der Waals surface area contributed by atoms with Gasteiger partial charge in [0.1, 0.15) is 5.75 Å². The van der Waals surface area contributed by atoms with Crippen molar-refractivity contribution in [2.75, 3.05) is 0 Å². The predicted molar refractivity (Wildman–Crippen MR) is 57.9 cm³/mol. The molecule has 1 aromatic carbocycles. The number of aliphatic carboxylic acids is 1. The number of aryl methyl sites for hydroxylation is 2. The molecule has 0 aliphatic heterocycles. The standard InChI is InChI=1S/C10H11BrO4/c1-4-3-5(2)7(11)8(12)6(4)9(13)10(14)15/h3,9,12-13H,1-2H3,(H,14,15). The first-order chi connectivity index (χ1) is 6.86. The summed E-state index contributed by atoms with van der Waals surface area (Å²) in [7, 11) is 0. The van der Waals surface area contributed by atoms with Crippen LogP contribution in [-0.2, 0) is 4.79 Å². The molecular weight excluding hydrogens is 264 g/mol. The zero-order chi connectivity index (χ0) is 11.7. The van der Waals surface area contributed by atoms with Gasteiger partial charge in [-0.2, -0.15) is 0 Å². The summed E-state index contributed by atoms with van der Waals surface area (Å²) >= 11 is 3.13. The van der Waals surface area contributed by atoms with Crippen LogP contribution in [0.15, 0.2) is 10.5 Å². The predicted octanol–water partition coefficient (Wildman–Crippen LogP) is 1.89. The van der Waals surface area contributed by atoms with Crippen molar-refractivity contribution < 1.29 is 20.1 Å². The van der Waals surface area contributed by atoms with Gasteiger partial charge in [0.25, 0.3) is 0 Å². The lowest BCUT2D eigenvalue weighted by Crippen LogP contribution is -2.12. The van der Waals surface area contributed by atoms with Crippen molar-refractivity contribution in [3.63, 3.8) is 0 Å². The van der Waals surface area contributed by atoms with Crippen molar-refractivity contribution in [1.82, 2.24) is 0 Å². The Morgan fingerprint density at radius 3 is 2.40 bits per heavy atom. The monoisotopic (exact) mass is 274 g/mol. The molecule has 1 rings (SSSR count). The van der Waals surface area contributed by atoms with Crippen molar-refractivity contribution in [3.05, 3.63) is 27.2 Å². The molecule has 0 heterocycles. The van der Waals surface area contributed by atoms with Crippen LogP contribution in [0.5, 0.6) is 5.75 Å². The Morgan fingerprint density at radius 1 is 1.40 bits per heavy atom. The van der Waals surface area contributed by atoms with Gasteiger partial charge in [0.05, 0.1) is 4.47 Å². The Labute approximate surface area is 95.3 Å². The largest absolute Gasteiger partial charge is 0.506 e. The van der Waals surface area contributed by atoms with E-state index < -0.39 is 12.1 Å². The van der Waals surface area contributed by atoms with E-state index in [1.807, 2.05) is 0 Å². The van der Waals surface area contributed by atoms with E-state index in [-0.39, 0.29) is 11.3 Å². The summed E-state index contributed by atoms with van der Waals surface area (Å²) in [6.45, 7) is 3.41. The zero-order valence-electron chi connectivity index (χ0n) is 8.28. The molecule has 82 valence electrons. The lowest BCUT2D eigenvalue weighted by atomic mass is 10.00. The highest BCUT2D eigenvalue weighted by atomic mass is 79.9. The smallest absolute Gasteiger partial charge is 0.337 e. The van der Waals surface area contributed by atoms with Gasteiger partial charge < -0.3 is 15.3 Å². The first kappa shape index (κ1) is 12.0. The van der Waals surface area contributed by atoms with Gasteiger partial charge in [0.15, 0.2) is 6.10 Å². The van der Waals surface area contributed by atoms with Crippen molar-refractivity contribution in [1.29, 1.82) is 0 Å². The minimum Gasteiger partial charge on any atom is -0.506 e. The Bertz CT molecular complexity index is 414. The average molecular weight is 275 g/mol. The molecule has 0 bridgehead atoms. The normalized spacial score (nSPS) is 12.5. The number of aliphatic hydroxyl groups is 1. The molecule has 0 aliphatic carbocycles. The molecule has 1 aromatic rings. The molecule has 0 aromatic heterocycles. The summed E-state index contributed by atoms with van der Waals surface area (Å²) in [5.41, 5.74) is 1.36. The molecule has 0 saturated heterocycles. The minimum absolute atomic E-state index is 0.0278. The Hall–Kier alpha value is -1.07. The fraction of sp³-hybridized carbons (Fsp3) is 0.300. The highest BCUT2D eigenvalue weighted by molar-refractivity contribution is 9.10.